The van der Waals surface area contributed by atoms with E-state index in [0.29, 0.717) is 31.5 Å². The summed E-state index contributed by atoms with van der Waals surface area (Å²) in [5.41, 5.74) is 2.39. The van der Waals surface area contributed by atoms with Crippen LogP contribution in [0.4, 0.5) is 0 Å². The second kappa shape index (κ2) is 12.3. The molecule has 5 rings (SSSR count). The number of ketones is 1. The van der Waals surface area contributed by atoms with Gasteiger partial charge in [0.1, 0.15) is 11.6 Å². The van der Waals surface area contributed by atoms with Crippen LogP contribution in [0.1, 0.15) is 49.4 Å². The van der Waals surface area contributed by atoms with Gasteiger partial charge in [-0.05, 0) is 56.0 Å². The highest BCUT2D eigenvalue weighted by Gasteiger charge is 2.31. The number of carbonyl (C=O) groups excluding carboxylic acids is 3. The summed E-state index contributed by atoms with van der Waals surface area (Å²) in [4.78, 5) is 41.6. The van der Waals surface area contributed by atoms with Crippen LogP contribution < -0.4 is 10.6 Å². The highest BCUT2D eigenvalue weighted by Crippen LogP contribution is 2.20. The topological polar surface area (TPSA) is 122 Å². The van der Waals surface area contributed by atoms with Crippen molar-refractivity contribution in [1.29, 1.82) is 0 Å². The van der Waals surface area contributed by atoms with Crippen LogP contribution in [0.2, 0.25) is 0 Å². The SMILES string of the molecule is CC(C)CC(NC(=O)c1cc2ccccc2o1)C(=O)N[C@H]1CCCN(Cc2cnnn2-c2ccccc2)CC1=O. The molecule has 1 fully saturated rings. The molecular formula is C30H34N6O4. The average Bonchev–Trinajstić information content (AvgIpc) is 3.55. The molecule has 40 heavy (non-hydrogen) atoms. The third-order valence-corrected chi connectivity index (χ3v) is 7.04. The van der Waals surface area contributed by atoms with Crippen molar-refractivity contribution in [2.45, 2.75) is 51.7 Å². The fourth-order valence-electron chi connectivity index (χ4n) is 5.06. The summed E-state index contributed by atoms with van der Waals surface area (Å²) < 4.78 is 7.45. The van der Waals surface area contributed by atoms with Crippen molar-refractivity contribution in [3.05, 3.63) is 78.3 Å². The monoisotopic (exact) mass is 542 g/mol. The number of rotatable bonds is 9. The predicted octanol–water partition coefficient (Wildman–Crippen LogP) is 3.51. The highest BCUT2D eigenvalue weighted by atomic mass is 16.3. The molecule has 0 bridgehead atoms. The molecule has 10 nitrogen and oxygen atoms in total. The minimum Gasteiger partial charge on any atom is -0.451 e. The molecule has 2 N–H and O–H groups in total. The Morgan fingerprint density at radius 1 is 1.10 bits per heavy atom. The Hall–Kier alpha value is -4.31. The van der Waals surface area contributed by atoms with Gasteiger partial charge in [-0.25, -0.2) is 4.68 Å². The van der Waals surface area contributed by atoms with Gasteiger partial charge >= 0.3 is 0 Å². The lowest BCUT2D eigenvalue weighted by molar-refractivity contribution is -0.129. The maximum Gasteiger partial charge on any atom is 0.287 e. The van der Waals surface area contributed by atoms with E-state index in [1.807, 2.05) is 62.4 Å². The second-order valence-corrected chi connectivity index (χ2v) is 10.7. The first-order chi connectivity index (χ1) is 19.4. The summed E-state index contributed by atoms with van der Waals surface area (Å²) in [5.74, 6) is -0.588. The number of hydrogen-bond donors (Lipinski definition) is 2. The Morgan fingerprint density at radius 2 is 1.88 bits per heavy atom. The standard InChI is InChI=1S/C30H34N6O4/c1-20(2)15-25(33-30(39)28-16-21-9-6-7-13-27(21)40-28)29(38)32-24-12-8-14-35(19-26(24)37)18-23-17-31-34-36(23)22-10-4-3-5-11-22/h3-7,9-11,13,16-17,20,24-25H,8,12,14-15,18-19H2,1-2H3,(H,32,38)(H,33,39)/t24-,25?/m0/s1. The van der Waals surface area contributed by atoms with E-state index in [0.717, 1.165) is 23.2 Å². The van der Waals surface area contributed by atoms with Gasteiger partial charge in [0.2, 0.25) is 5.91 Å². The number of nitrogens with one attached hydrogen (secondary N) is 2. The van der Waals surface area contributed by atoms with Gasteiger partial charge in [0.15, 0.2) is 11.5 Å². The van der Waals surface area contributed by atoms with Crippen LogP contribution in [0.5, 0.6) is 0 Å². The van der Waals surface area contributed by atoms with Crippen LogP contribution in [0, 0.1) is 5.92 Å². The summed E-state index contributed by atoms with van der Waals surface area (Å²) in [6, 6.07) is 17.3. The van der Waals surface area contributed by atoms with E-state index in [9.17, 15) is 14.4 Å². The minimum absolute atomic E-state index is 0.0588. The second-order valence-electron chi connectivity index (χ2n) is 10.7. The van der Waals surface area contributed by atoms with E-state index in [1.165, 1.54) is 0 Å². The first-order valence-electron chi connectivity index (χ1n) is 13.7. The third-order valence-electron chi connectivity index (χ3n) is 7.04. The predicted molar refractivity (Wildman–Crippen MR) is 150 cm³/mol. The molecule has 2 atom stereocenters. The van der Waals surface area contributed by atoms with Gasteiger partial charge in [-0.2, -0.15) is 0 Å². The Bertz CT molecular complexity index is 1440. The number of furan rings is 1. The van der Waals surface area contributed by atoms with Gasteiger partial charge in [-0.1, -0.05) is 55.5 Å². The van der Waals surface area contributed by atoms with Crippen LogP contribution in [-0.2, 0) is 16.1 Å². The largest absolute Gasteiger partial charge is 0.451 e. The van der Waals surface area contributed by atoms with E-state index in [1.54, 1.807) is 23.0 Å². The van der Waals surface area contributed by atoms with E-state index in [-0.39, 0.29) is 29.9 Å². The van der Waals surface area contributed by atoms with Gasteiger partial charge in [-0.3, -0.25) is 19.3 Å². The number of para-hydroxylation sites is 2. The highest BCUT2D eigenvalue weighted by molar-refractivity contribution is 5.99. The molecule has 1 saturated heterocycles. The number of fused-ring (bicyclic) bond motifs is 1. The van der Waals surface area contributed by atoms with Crippen molar-refractivity contribution >= 4 is 28.6 Å². The number of likely N-dealkylation sites (tertiary alicyclic amines) is 1. The van der Waals surface area contributed by atoms with E-state index >= 15 is 0 Å². The van der Waals surface area contributed by atoms with Gasteiger partial charge in [0.05, 0.1) is 30.2 Å². The van der Waals surface area contributed by atoms with Gasteiger partial charge in [-0.15, -0.1) is 5.10 Å². The number of aromatic nitrogens is 3. The molecular weight excluding hydrogens is 508 g/mol. The van der Waals surface area contributed by atoms with Crippen LogP contribution in [0.3, 0.4) is 0 Å². The molecule has 0 saturated carbocycles. The zero-order chi connectivity index (χ0) is 28.1. The molecule has 10 heteroatoms. The van der Waals surface area contributed by atoms with E-state index < -0.39 is 18.0 Å². The number of benzene rings is 2. The summed E-state index contributed by atoms with van der Waals surface area (Å²) in [6.07, 6.45) is 3.41. The maximum atomic E-state index is 13.3. The molecule has 208 valence electrons. The normalized spacial score (nSPS) is 17.1. The molecule has 0 radical (unpaired) electrons. The molecule has 0 aliphatic carbocycles. The van der Waals surface area contributed by atoms with Gasteiger partial charge < -0.3 is 15.1 Å². The Balaban J connectivity index is 1.22. The molecule has 2 aromatic carbocycles. The fraction of sp³-hybridized carbons (Fsp3) is 0.367. The quantitative estimate of drug-likeness (QED) is 0.332. The molecule has 1 aliphatic heterocycles. The first kappa shape index (κ1) is 27.3. The minimum atomic E-state index is -0.792. The Kier molecular flexibility index (Phi) is 8.35. The van der Waals surface area contributed by atoms with E-state index in [2.05, 4.69) is 25.8 Å². The van der Waals surface area contributed by atoms with E-state index in [4.69, 9.17) is 4.42 Å². The zero-order valence-electron chi connectivity index (χ0n) is 22.7. The van der Waals surface area contributed by atoms with Crippen LogP contribution in [0.15, 0.2) is 71.3 Å². The molecule has 0 spiro atoms. The Labute approximate surface area is 232 Å². The van der Waals surface area contributed by atoms with Crippen molar-refractivity contribution in [3.8, 4) is 5.69 Å². The number of carbonyl (C=O) groups is 3. The summed E-state index contributed by atoms with van der Waals surface area (Å²) in [6.45, 7) is 5.38. The summed E-state index contributed by atoms with van der Waals surface area (Å²) in [7, 11) is 0. The molecule has 3 heterocycles. The van der Waals surface area contributed by atoms with Crippen LogP contribution >= 0.6 is 0 Å². The smallest absolute Gasteiger partial charge is 0.287 e. The molecule has 1 unspecified atom stereocenters. The maximum absolute atomic E-state index is 13.3. The number of nitrogens with zero attached hydrogens (tertiary/aromatic N) is 4. The molecule has 2 amide bonds. The lowest BCUT2D eigenvalue weighted by Gasteiger charge is -2.23. The number of hydrogen-bond acceptors (Lipinski definition) is 7. The van der Waals surface area contributed by atoms with Crippen molar-refractivity contribution in [3.63, 3.8) is 0 Å². The average molecular weight is 543 g/mol. The van der Waals surface area contributed by atoms with Gasteiger partial charge in [0.25, 0.3) is 5.91 Å². The van der Waals surface area contributed by atoms with Gasteiger partial charge in [0, 0.05) is 11.9 Å². The molecule has 2 aromatic heterocycles. The first-order valence-corrected chi connectivity index (χ1v) is 13.7. The molecule has 1 aliphatic rings. The molecule has 4 aromatic rings. The number of amides is 2. The summed E-state index contributed by atoms with van der Waals surface area (Å²) in [5, 5.41) is 14.8. The lowest BCUT2D eigenvalue weighted by atomic mass is 10.0. The van der Waals surface area contributed by atoms with Crippen LogP contribution in [-0.4, -0.2) is 62.7 Å². The zero-order valence-corrected chi connectivity index (χ0v) is 22.7. The number of Topliss-reactive ketones (excluding diaryl/α,β-unsaturated/α-hetero) is 1. The van der Waals surface area contributed by atoms with Crippen LogP contribution in [0.25, 0.3) is 16.7 Å². The van der Waals surface area contributed by atoms with Crippen molar-refractivity contribution in [2.24, 2.45) is 5.92 Å². The summed E-state index contributed by atoms with van der Waals surface area (Å²) >= 11 is 0. The third kappa shape index (κ3) is 6.45. The van der Waals surface area contributed by atoms with Crippen molar-refractivity contribution < 1.29 is 18.8 Å². The van der Waals surface area contributed by atoms with Crippen molar-refractivity contribution in [2.75, 3.05) is 13.1 Å². The fourth-order valence-corrected chi connectivity index (χ4v) is 5.06. The lowest BCUT2D eigenvalue weighted by Crippen LogP contribution is -2.52. The van der Waals surface area contributed by atoms with Crippen molar-refractivity contribution in [1.82, 2.24) is 30.5 Å². The Morgan fingerprint density at radius 3 is 2.65 bits per heavy atom.